The molecule has 216 valence electrons. The van der Waals surface area contributed by atoms with Crippen LogP contribution < -0.4 is 11.0 Å². The van der Waals surface area contributed by atoms with E-state index in [0.29, 0.717) is 18.8 Å². The summed E-state index contributed by atoms with van der Waals surface area (Å²) in [7, 11) is 0. The monoisotopic (exact) mass is 559 g/mol. The quantitative estimate of drug-likeness (QED) is 0.161. The highest BCUT2D eigenvalue weighted by Gasteiger charge is 2.30. The summed E-state index contributed by atoms with van der Waals surface area (Å²) in [6.45, 7) is 4.75. The maximum atomic E-state index is 14.5. The number of hydrogen-bond acceptors (Lipinski definition) is 9. The summed E-state index contributed by atoms with van der Waals surface area (Å²) in [5.41, 5.74) is -1.32. The molecule has 1 aliphatic heterocycles. The first-order chi connectivity index (χ1) is 18.4. The van der Waals surface area contributed by atoms with Crippen LogP contribution in [-0.2, 0) is 18.9 Å². The van der Waals surface area contributed by atoms with Crippen LogP contribution in [0.1, 0.15) is 97.1 Å². The molecule has 1 N–H and O–H groups in total. The smallest absolute Gasteiger partial charge is 0.449 e. The van der Waals surface area contributed by atoms with Crippen LogP contribution in [0.5, 0.6) is 0 Å². The number of anilines is 1. The molecule has 10 nitrogen and oxygen atoms in total. The van der Waals surface area contributed by atoms with Crippen LogP contribution in [0.2, 0.25) is 0 Å². The van der Waals surface area contributed by atoms with Gasteiger partial charge >= 0.3 is 17.9 Å². The van der Waals surface area contributed by atoms with Crippen molar-refractivity contribution in [1.29, 1.82) is 0 Å². The molecule has 0 bridgehead atoms. The van der Waals surface area contributed by atoms with Gasteiger partial charge in [-0.25, -0.2) is 18.8 Å². The molecule has 1 aliphatic rings. The average Bonchev–Trinajstić information content (AvgIpc) is 3.37. The molecule has 1 amide bonds. The predicted octanol–water partition coefficient (Wildman–Crippen LogP) is 6.39. The van der Waals surface area contributed by atoms with Crippen molar-refractivity contribution in [3.05, 3.63) is 22.5 Å². The van der Waals surface area contributed by atoms with E-state index in [4.69, 9.17) is 18.9 Å². The standard InChI is InChI=1S/C26H42FN3O7S/c1-3-5-7-9-11-13-15-34-25(32)29-23-20(27)17-30(24(31)28-23)21-19-38-22(37-21)18-36-26(33)35-16-14-12-10-8-6-4-2/h17,21-22H,3-16,18-19H2,1-2H3,(H,28,29,31,32)/t21-,22+/m0/s1. The lowest BCUT2D eigenvalue weighted by Gasteiger charge is -2.15. The van der Waals surface area contributed by atoms with Gasteiger partial charge in [0.05, 0.1) is 19.4 Å². The Morgan fingerprint density at radius 3 is 2.26 bits per heavy atom. The van der Waals surface area contributed by atoms with Crippen LogP contribution in [0.4, 0.5) is 19.8 Å². The number of hydrogen-bond donors (Lipinski definition) is 1. The van der Waals surface area contributed by atoms with E-state index in [9.17, 15) is 18.8 Å². The molecule has 0 spiro atoms. The molecule has 0 saturated carbocycles. The second kappa shape index (κ2) is 18.8. The Bertz CT molecular complexity index is 902. The van der Waals surface area contributed by atoms with Gasteiger partial charge in [-0.15, -0.1) is 11.8 Å². The Morgan fingerprint density at radius 1 is 1.00 bits per heavy atom. The summed E-state index contributed by atoms with van der Waals surface area (Å²) in [6, 6.07) is 0. The summed E-state index contributed by atoms with van der Waals surface area (Å²) in [4.78, 5) is 39.8. The van der Waals surface area contributed by atoms with Crippen LogP contribution >= 0.6 is 11.8 Å². The molecule has 2 atom stereocenters. The third-order valence-electron chi connectivity index (χ3n) is 5.96. The van der Waals surface area contributed by atoms with Gasteiger partial charge in [0.15, 0.2) is 11.6 Å². The van der Waals surface area contributed by atoms with Crippen molar-refractivity contribution in [2.75, 3.05) is 30.9 Å². The molecule has 1 aromatic rings. The Morgan fingerprint density at radius 2 is 1.61 bits per heavy atom. The lowest BCUT2D eigenvalue weighted by Crippen LogP contribution is -2.31. The second-order valence-electron chi connectivity index (χ2n) is 9.19. The van der Waals surface area contributed by atoms with E-state index < -0.39 is 41.2 Å². The fourth-order valence-electron chi connectivity index (χ4n) is 3.81. The van der Waals surface area contributed by atoms with Crippen molar-refractivity contribution in [3.8, 4) is 0 Å². The minimum absolute atomic E-state index is 0.0642. The second-order valence-corrected chi connectivity index (χ2v) is 10.4. The predicted molar refractivity (Wildman–Crippen MR) is 144 cm³/mol. The van der Waals surface area contributed by atoms with E-state index in [1.807, 2.05) is 0 Å². The van der Waals surface area contributed by atoms with Crippen molar-refractivity contribution in [3.63, 3.8) is 0 Å². The van der Waals surface area contributed by atoms with Gasteiger partial charge in [0.1, 0.15) is 18.3 Å². The largest absolute Gasteiger partial charge is 0.508 e. The maximum Gasteiger partial charge on any atom is 0.508 e. The Hall–Kier alpha value is -2.34. The lowest BCUT2D eigenvalue weighted by molar-refractivity contribution is -0.0242. The van der Waals surface area contributed by atoms with E-state index in [1.165, 1.54) is 37.4 Å². The summed E-state index contributed by atoms with van der Waals surface area (Å²) in [5.74, 6) is -1.07. The molecule has 38 heavy (non-hydrogen) atoms. The van der Waals surface area contributed by atoms with Crippen LogP contribution in [-0.4, -0.2) is 52.8 Å². The number of rotatable bonds is 18. The van der Waals surface area contributed by atoms with Crippen LogP contribution in [0.3, 0.4) is 0 Å². The topological polar surface area (TPSA) is 118 Å². The zero-order chi connectivity index (χ0) is 27.6. The number of thioether (sulfide) groups is 1. The van der Waals surface area contributed by atoms with Gasteiger partial charge in [0, 0.05) is 5.75 Å². The number of amides is 1. The number of halogens is 1. The number of carbonyl (C=O) groups excluding carboxylic acids is 2. The van der Waals surface area contributed by atoms with Gasteiger partial charge in [-0.2, -0.15) is 4.98 Å². The van der Waals surface area contributed by atoms with Gasteiger partial charge in [-0.1, -0.05) is 78.1 Å². The SMILES string of the molecule is CCCCCCCCOC(=O)Nc1nc(=O)n([C@@H]2CS[C@H](COC(=O)OCCCCCCCC)O2)cc1F. The number of aromatic nitrogens is 2. The van der Waals surface area contributed by atoms with Gasteiger partial charge in [0.2, 0.25) is 0 Å². The first-order valence-corrected chi connectivity index (χ1v) is 14.8. The van der Waals surface area contributed by atoms with Gasteiger partial charge in [-0.3, -0.25) is 9.88 Å². The van der Waals surface area contributed by atoms with Crippen molar-refractivity contribution < 1.29 is 32.9 Å². The number of ether oxygens (including phenoxy) is 4. The Balaban J connectivity index is 1.69. The number of nitrogens with zero attached hydrogens (tertiary/aromatic N) is 2. The van der Waals surface area contributed by atoms with E-state index in [2.05, 4.69) is 24.1 Å². The van der Waals surface area contributed by atoms with Gasteiger partial charge in [0.25, 0.3) is 0 Å². The zero-order valence-electron chi connectivity index (χ0n) is 22.6. The highest BCUT2D eigenvalue weighted by Crippen LogP contribution is 2.31. The van der Waals surface area contributed by atoms with Gasteiger partial charge < -0.3 is 18.9 Å². The molecule has 2 rings (SSSR count). The molecule has 1 saturated heterocycles. The molecule has 0 radical (unpaired) electrons. The molecular formula is C26H42FN3O7S. The highest BCUT2D eigenvalue weighted by atomic mass is 32.2. The summed E-state index contributed by atoms with van der Waals surface area (Å²) in [5, 5.41) is 2.18. The maximum absolute atomic E-state index is 14.5. The fourth-order valence-corrected chi connectivity index (χ4v) is 4.80. The third kappa shape index (κ3) is 12.5. The highest BCUT2D eigenvalue weighted by molar-refractivity contribution is 8.00. The molecule has 2 heterocycles. The summed E-state index contributed by atoms with van der Waals surface area (Å²) >= 11 is 1.32. The fraction of sp³-hybridized carbons (Fsp3) is 0.769. The van der Waals surface area contributed by atoms with Crippen molar-refractivity contribution in [2.45, 2.75) is 103 Å². The van der Waals surface area contributed by atoms with Crippen LogP contribution in [0, 0.1) is 5.82 Å². The average molecular weight is 560 g/mol. The normalized spacial score (nSPS) is 16.8. The summed E-state index contributed by atoms with van der Waals surface area (Å²) in [6.07, 6.45) is 11.2. The van der Waals surface area contributed by atoms with Crippen LogP contribution in [0.15, 0.2) is 11.0 Å². The minimum Gasteiger partial charge on any atom is -0.449 e. The Labute approximate surface area is 228 Å². The Kier molecular flexibility index (Phi) is 15.8. The molecule has 12 heteroatoms. The lowest BCUT2D eigenvalue weighted by atomic mass is 10.1. The number of carbonyl (C=O) groups is 2. The van der Waals surface area contributed by atoms with E-state index in [0.717, 1.165) is 55.7 Å². The molecule has 1 aromatic heterocycles. The van der Waals surface area contributed by atoms with E-state index in [-0.39, 0.29) is 13.2 Å². The first kappa shape index (κ1) is 31.9. The van der Waals surface area contributed by atoms with Crippen molar-refractivity contribution in [2.24, 2.45) is 0 Å². The van der Waals surface area contributed by atoms with Gasteiger partial charge in [-0.05, 0) is 12.8 Å². The summed E-state index contributed by atoms with van der Waals surface area (Å²) < 4.78 is 36.5. The van der Waals surface area contributed by atoms with E-state index in [1.54, 1.807) is 0 Å². The molecular weight excluding hydrogens is 517 g/mol. The van der Waals surface area contributed by atoms with Crippen molar-refractivity contribution >= 4 is 29.8 Å². The van der Waals surface area contributed by atoms with Crippen LogP contribution in [0.25, 0.3) is 0 Å². The first-order valence-electron chi connectivity index (χ1n) is 13.7. The molecule has 1 fully saturated rings. The van der Waals surface area contributed by atoms with Crippen molar-refractivity contribution in [1.82, 2.24) is 9.55 Å². The number of unbranched alkanes of at least 4 members (excludes halogenated alkanes) is 10. The van der Waals surface area contributed by atoms with E-state index >= 15 is 0 Å². The minimum atomic E-state index is -0.896. The molecule has 0 aliphatic carbocycles. The molecule has 0 unspecified atom stereocenters. The third-order valence-corrected chi connectivity index (χ3v) is 7.05. The number of nitrogens with one attached hydrogen (secondary N) is 1. The molecule has 0 aromatic carbocycles. The zero-order valence-corrected chi connectivity index (χ0v) is 23.4.